The number of unbranched alkanes of at least 4 members (excludes halogenated alkanes) is 2. The monoisotopic (exact) mass is 299 g/mol. The molecule has 0 aliphatic carbocycles. The lowest BCUT2D eigenvalue weighted by molar-refractivity contribution is 0.0159. The number of hydrogen-bond acceptors (Lipinski definition) is 3. The van der Waals surface area contributed by atoms with Gasteiger partial charge < -0.3 is 11.5 Å². The van der Waals surface area contributed by atoms with Crippen molar-refractivity contribution in [1.82, 2.24) is 4.90 Å². The fourth-order valence-electron chi connectivity index (χ4n) is 3.74. The van der Waals surface area contributed by atoms with Gasteiger partial charge in [0.15, 0.2) is 0 Å². The van der Waals surface area contributed by atoms with Crippen LogP contribution in [0.2, 0.25) is 0 Å². The SMILES string of the molecule is CCC(N(C(C)C)C(C)C)C(C)(C)C(N)CCCCCN. The van der Waals surface area contributed by atoms with Gasteiger partial charge in [-0.05, 0) is 58.9 Å². The van der Waals surface area contributed by atoms with Gasteiger partial charge in [-0.15, -0.1) is 0 Å². The summed E-state index contributed by atoms with van der Waals surface area (Å²) in [4.78, 5) is 2.64. The summed E-state index contributed by atoms with van der Waals surface area (Å²) in [6.45, 7) is 17.0. The Balaban J connectivity index is 4.87. The van der Waals surface area contributed by atoms with Gasteiger partial charge >= 0.3 is 0 Å². The van der Waals surface area contributed by atoms with Crippen LogP contribution in [0.4, 0.5) is 0 Å². The molecule has 0 aliphatic rings. The van der Waals surface area contributed by atoms with Crippen LogP contribution in [0.5, 0.6) is 0 Å². The van der Waals surface area contributed by atoms with E-state index in [1.807, 2.05) is 0 Å². The van der Waals surface area contributed by atoms with Gasteiger partial charge in [0.1, 0.15) is 0 Å². The van der Waals surface area contributed by atoms with Gasteiger partial charge in [0, 0.05) is 24.2 Å². The molecular weight excluding hydrogens is 258 g/mol. The van der Waals surface area contributed by atoms with Crippen LogP contribution >= 0.6 is 0 Å². The maximum absolute atomic E-state index is 6.59. The smallest absolute Gasteiger partial charge is 0.0164 e. The highest BCUT2D eigenvalue weighted by Crippen LogP contribution is 2.34. The van der Waals surface area contributed by atoms with Gasteiger partial charge in [-0.1, -0.05) is 33.6 Å². The Bertz CT molecular complexity index is 253. The average Bonchev–Trinajstić information content (AvgIpc) is 2.39. The van der Waals surface area contributed by atoms with E-state index in [9.17, 15) is 0 Å². The molecule has 21 heavy (non-hydrogen) atoms. The molecule has 3 nitrogen and oxygen atoms in total. The zero-order valence-corrected chi connectivity index (χ0v) is 15.7. The van der Waals surface area contributed by atoms with Gasteiger partial charge in [-0.2, -0.15) is 0 Å². The van der Waals surface area contributed by atoms with E-state index in [2.05, 4.69) is 53.4 Å². The first kappa shape index (κ1) is 20.9. The Morgan fingerprint density at radius 3 is 1.86 bits per heavy atom. The molecule has 0 bridgehead atoms. The zero-order valence-electron chi connectivity index (χ0n) is 15.7. The fourth-order valence-corrected chi connectivity index (χ4v) is 3.74. The summed E-state index contributed by atoms with van der Waals surface area (Å²) in [5.41, 5.74) is 12.3. The second-order valence-electron chi connectivity index (χ2n) is 7.62. The van der Waals surface area contributed by atoms with Crippen molar-refractivity contribution in [2.45, 2.75) is 105 Å². The molecule has 0 aromatic heterocycles. The Hall–Kier alpha value is -0.120. The third kappa shape index (κ3) is 6.25. The minimum absolute atomic E-state index is 0.131. The third-order valence-electron chi connectivity index (χ3n) is 4.97. The van der Waals surface area contributed by atoms with E-state index < -0.39 is 0 Å². The molecule has 0 radical (unpaired) electrons. The lowest BCUT2D eigenvalue weighted by atomic mass is 9.73. The molecule has 2 unspecified atom stereocenters. The first-order valence-corrected chi connectivity index (χ1v) is 8.93. The average molecular weight is 300 g/mol. The summed E-state index contributed by atoms with van der Waals surface area (Å²) in [6.07, 6.45) is 5.78. The van der Waals surface area contributed by atoms with Gasteiger partial charge in [-0.25, -0.2) is 0 Å². The summed E-state index contributed by atoms with van der Waals surface area (Å²) >= 11 is 0. The van der Waals surface area contributed by atoms with Crippen molar-refractivity contribution in [3.05, 3.63) is 0 Å². The first-order valence-electron chi connectivity index (χ1n) is 8.93. The molecule has 0 amide bonds. The second-order valence-corrected chi connectivity index (χ2v) is 7.62. The van der Waals surface area contributed by atoms with E-state index in [1.165, 1.54) is 12.8 Å². The van der Waals surface area contributed by atoms with Crippen molar-refractivity contribution >= 4 is 0 Å². The van der Waals surface area contributed by atoms with E-state index in [1.54, 1.807) is 0 Å². The van der Waals surface area contributed by atoms with Crippen molar-refractivity contribution < 1.29 is 0 Å². The van der Waals surface area contributed by atoms with Crippen LogP contribution in [0.15, 0.2) is 0 Å². The fraction of sp³-hybridized carbons (Fsp3) is 1.00. The van der Waals surface area contributed by atoms with Crippen LogP contribution in [-0.2, 0) is 0 Å². The van der Waals surface area contributed by atoms with Gasteiger partial charge in [0.05, 0.1) is 0 Å². The molecule has 0 heterocycles. The number of nitrogens with two attached hydrogens (primary N) is 2. The number of rotatable bonds is 11. The van der Waals surface area contributed by atoms with E-state index in [0.717, 1.165) is 25.8 Å². The number of hydrogen-bond donors (Lipinski definition) is 2. The van der Waals surface area contributed by atoms with E-state index in [0.29, 0.717) is 18.1 Å². The zero-order chi connectivity index (χ0) is 16.6. The molecule has 0 saturated heterocycles. The predicted molar refractivity (Wildman–Crippen MR) is 95.5 cm³/mol. The highest BCUT2D eigenvalue weighted by molar-refractivity contribution is 4.94. The van der Waals surface area contributed by atoms with E-state index in [4.69, 9.17) is 11.5 Å². The molecule has 0 aromatic rings. The van der Waals surface area contributed by atoms with Crippen LogP contribution < -0.4 is 11.5 Å². The van der Waals surface area contributed by atoms with Crippen LogP contribution in [0.3, 0.4) is 0 Å². The molecule has 128 valence electrons. The quantitative estimate of drug-likeness (QED) is 0.571. The molecule has 2 atom stereocenters. The first-order chi connectivity index (χ1) is 9.69. The van der Waals surface area contributed by atoms with Crippen LogP contribution in [0.25, 0.3) is 0 Å². The maximum atomic E-state index is 6.59. The van der Waals surface area contributed by atoms with Crippen molar-refractivity contribution in [2.75, 3.05) is 6.54 Å². The summed E-state index contributed by atoms with van der Waals surface area (Å²) in [6, 6.07) is 1.89. The molecule has 0 spiro atoms. The van der Waals surface area contributed by atoms with Gasteiger partial charge in [0.25, 0.3) is 0 Å². The Morgan fingerprint density at radius 2 is 1.48 bits per heavy atom. The van der Waals surface area contributed by atoms with Gasteiger partial charge in [-0.3, -0.25) is 4.90 Å². The molecule has 0 fully saturated rings. The standard InChI is InChI=1S/C18H41N3/c1-8-17(21(14(2)3)15(4)5)18(6,7)16(20)12-10-9-11-13-19/h14-17H,8-13,19-20H2,1-7H3. The number of nitrogens with zero attached hydrogens (tertiary/aromatic N) is 1. The minimum Gasteiger partial charge on any atom is -0.330 e. The van der Waals surface area contributed by atoms with E-state index >= 15 is 0 Å². The molecular formula is C18H41N3. The molecule has 3 heteroatoms. The van der Waals surface area contributed by atoms with Crippen molar-refractivity contribution in [1.29, 1.82) is 0 Å². The Kier molecular flexibility index (Phi) is 9.75. The predicted octanol–water partition coefficient (Wildman–Crippen LogP) is 3.76. The largest absolute Gasteiger partial charge is 0.330 e. The molecule has 0 aromatic carbocycles. The summed E-state index contributed by atoms with van der Waals surface area (Å²) in [7, 11) is 0. The van der Waals surface area contributed by atoms with Crippen molar-refractivity contribution in [3.8, 4) is 0 Å². The summed E-state index contributed by atoms with van der Waals surface area (Å²) in [5, 5.41) is 0. The maximum Gasteiger partial charge on any atom is 0.0164 e. The second kappa shape index (κ2) is 9.81. The molecule has 4 N–H and O–H groups in total. The molecule has 0 aliphatic heterocycles. The van der Waals surface area contributed by atoms with Crippen molar-refractivity contribution in [3.63, 3.8) is 0 Å². The normalized spacial score (nSPS) is 16.0. The van der Waals surface area contributed by atoms with Crippen molar-refractivity contribution in [2.24, 2.45) is 16.9 Å². The third-order valence-corrected chi connectivity index (χ3v) is 4.97. The van der Waals surface area contributed by atoms with Crippen LogP contribution in [0.1, 0.15) is 80.6 Å². The minimum atomic E-state index is 0.131. The lowest BCUT2D eigenvalue weighted by Crippen LogP contribution is -2.57. The summed E-state index contributed by atoms with van der Waals surface area (Å²) < 4.78 is 0. The highest BCUT2D eigenvalue weighted by atomic mass is 15.2. The van der Waals surface area contributed by atoms with Crippen LogP contribution in [0, 0.1) is 5.41 Å². The molecule has 0 saturated carbocycles. The highest BCUT2D eigenvalue weighted by Gasteiger charge is 2.39. The van der Waals surface area contributed by atoms with Gasteiger partial charge in [0.2, 0.25) is 0 Å². The topological polar surface area (TPSA) is 55.3 Å². The van der Waals surface area contributed by atoms with E-state index in [-0.39, 0.29) is 11.5 Å². The molecule has 0 rings (SSSR count). The van der Waals surface area contributed by atoms with Crippen LogP contribution in [-0.4, -0.2) is 35.6 Å². The lowest BCUT2D eigenvalue weighted by Gasteiger charge is -2.48. The Labute approximate surface area is 133 Å². The summed E-state index contributed by atoms with van der Waals surface area (Å²) in [5.74, 6) is 0. The Morgan fingerprint density at radius 1 is 0.952 bits per heavy atom.